The molecule has 0 saturated heterocycles. The van der Waals surface area contributed by atoms with Crippen molar-refractivity contribution in [1.29, 1.82) is 0 Å². The van der Waals surface area contributed by atoms with Crippen LogP contribution in [0.1, 0.15) is 37.5 Å². The van der Waals surface area contributed by atoms with Crippen molar-refractivity contribution in [3.63, 3.8) is 0 Å². The fourth-order valence-electron chi connectivity index (χ4n) is 3.64. The van der Waals surface area contributed by atoms with Crippen LogP contribution in [0.2, 0.25) is 0 Å². The lowest BCUT2D eigenvalue weighted by atomic mass is 9.87. The Morgan fingerprint density at radius 2 is 1.56 bits per heavy atom. The maximum atomic E-state index is 12.9. The lowest BCUT2D eigenvalue weighted by Crippen LogP contribution is -2.38. The first-order chi connectivity index (χ1) is 15.2. The first kappa shape index (κ1) is 23.3. The molecule has 0 aliphatic carbocycles. The number of ether oxygens (including phenoxy) is 1. The number of anilines is 2. The highest BCUT2D eigenvalue weighted by Crippen LogP contribution is 2.25. The van der Waals surface area contributed by atoms with E-state index in [1.54, 1.807) is 7.11 Å². The van der Waals surface area contributed by atoms with Crippen molar-refractivity contribution in [3.05, 3.63) is 92.1 Å². The molecule has 0 aliphatic heterocycles. The molecule has 170 valence electrons. The Morgan fingerprint density at radius 3 is 2.12 bits per heavy atom. The molecular formula is C25H32N4O3. The van der Waals surface area contributed by atoms with Crippen molar-refractivity contribution < 1.29 is 4.74 Å². The molecule has 0 spiro atoms. The van der Waals surface area contributed by atoms with E-state index in [1.807, 2.05) is 35.2 Å². The summed E-state index contributed by atoms with van der Waals surface area (Å²) in [4.78, 5) is 29.5. The third-order valence-corrected chi connectivity index (χ3v) is 5.46. The van der Waals surface area contributed by atoms with E-state index in [9.17, 15) is 9.59 Å². The molecule has 7 nitrogen and oxygen atoms in total. The zero-order valence-corrected chi connectivity index (χ0v) is 19.2. The minimum atomic E-state index is -0.539. The van der Waals surface area contributed by atoms with E-state index in [-0.39, 0.29) is 23.5 Å². The van der Waals surface area contributed by atoms with Gasteiger partial charge in [0.15, 0.2) is 0 Å². The van der Waals surface area contributed by atoms with Gasteiger partial charge in [0.1, 0.15) is 11.5 Å². The van der Waals surface area contributed by atoms with Crippen LogP contribution in [-0.2, 0) is 29.8 Å². The van der Waals surface area contributed by atoms with Crippen LogP contribution in [0.5, 0.6) is 0 Å². The third-order valence-electron chi connectivity index (χ3n) is 5.46. The van der Waals surface area contributed by atoms with Gasteiger partial charge in [0.05, 0.1) is 13.2 Å². The maximum absolute atomic E-state index is 12.9. The molecule has 32 heavy (non-hydrogen) atoms. The van der Waals surface area contributed by atoms with Crippen LogP contribution in [-0.4, -0.2) is 23.3 Å². The molecule has 3 aromatic rings. The largest absolute Gasteiger partial charge is 0.383 e. The summed E-state index contributed by atoms with van der Waals surface area (Å²) in [6.45, 7) is 8.02. The van der Waals surface area contributed by atoms with Crippen molar-refractivity contribution in [3.8, 4) is 0 Å². The van der Waals surface area contributed by atoms with Gasteiger partial charge in [-0.3, -0.25) is 14.3 Å². The van der Waals surface area contributed by atoms with E-state index >= 15 is 0 Å². The smallest absolute Gasteiger partial charge is 0.330 e. The molecule has 7 heteroatoms. The monoisotopic (exact) mass is 436 g/mol. The quantitative estimate of drug-likeness (QED) is 0.565. The summed E-state index contributed by atoms with van der Waals surface area (Å²) in [6.07, 6.45) is 0. The summed E-state index contributed by atoms with van der Waals surface area (Å²) in [5.74, 6) is 0.137. The standard InChI is InChI=1S/C25H32N4O3/c1-25(2,3)20-12-10-19(11-13-20)17-28(16-18-8-6-5-7-9-18)21-22(26)29(14-15-32-4)24(31)27-23(21)30/h5-13H,14-17,26H2,1-4H3,(H,27,30,31). The zero-order valence-electron chi connectivity index (χ0n) is 19.2. The van der Waals surface area contributed by atoms with Gasteiger partial charge in [-0.25, -0.2) is 4.79 Å². The Hall–Kier alpha value is -3.32. The van der Waals surface area contributed by atoms with Gasteiger partial charge < -0.3 is 15.4 Å². The van der Waals surface area contributed by atoms with E-state index in [1.165, 1.54) is 10.1 Å². The van der Waals surface area contributed by atoms with Gasteiger partial charge in [-0.05, 0) is 22.1 Å². The van der Waals surface area contributed by atoms with E-state index in [0.717, 1.165) is 11.1 Å². The van der Waals surface area contributed by atoms with Crippen molar-refractivity contribution in [1.82, 2.24) is 9.55 Å². The van der Waals surface area contributed by atoms with E-state index in [2.05, 4.69) is 50.0 Å². The van der Waals surface area contributed by atoms with Crippen molar-refractivity contribution >= 4 is 11.5 Å². The Balaban J connectivity index is 2.04. The van der Waals surface area contributed by atoms with Crippen LogP contribution in [0.4, 0.5) is 11.5 Å². The van der Waals surface area contributed by atoms with Gasteiger partial charge in [-0.15, -0.1) is 0 Å². The predicted octanol–water partition coefficient (Wildman–Crippen LogP) is 3.27. The predicted molar refractivity (Wildman–Crippen MR) is 129 cm³/mol. The fourth-order valence-corrected chi connectivity index (χ4v) is 3.64. The second kappa shape index (κ2) is 9.87. The summed E-state index contributed by atoms with van der Waals surface area (Å²) in [5.41, 5.74) is 8.98. The second-order valence-corrected chi connectivity index (χ2v) is 8.93. The minimum Gasteiger partial charge on any atom is -0.383 e. The van der Waals surface area contributed by atoms with Crippen molar-refractivity contribution in [2.75, 3.05) is 24.4 Å². The number of hydrogen-bond donors (Lipinski definition) is 2. The second-order valence-electron chi connectivity index (χ2n) is 8.93. The van der Waals surface area contributed by atoms with Gasteiger partial charge in [0.25, 0.3) is 5.56 Å². The summed E-state index contributed by atoms with van der Waals surface area (Å²) >= 11 is 0. The van der Waals surface area contributed by atoms with Crippen LogP contribution >= 0.6 is 0 Å². The Labute approximate surface area is 188 Å². The molecule has 0 radical (unpaired) electrons. The number of nitrogen functional groups attached to an aromatic ring is 1. The average Bonchev–Trinajstić information content (AvgIpc) is 2.74. The lowest BCUT2D eigenvalue weighted by Gasteiger charge is -2.27. The highest BCUT2D eigenvalue weighted by Gasteiger charge is 2.20. The number of methoxy groups -OCH3 is 1. The summed E-state index contributed by atoms with van der Waals surface area (Å²) < 4.78 is 6.44. The summed E-state index contributed by atoms with van der Waals surface area (Å²) in [5, 5.41) is 0. The number of nitrogens with one attached hydrogen (secondary N) is 1. The minimum absolute atomic E-state index is 0.0562. The van der Waals surface area contributed by atoms with Crippen LogP contribution < -0.4 is 21.9 Å². The number of hydrogen-bond acceptors (Lipinski definition) is 5. The van der Waals surface area contributed by atoms with E-state index < -0.39 is 11.2 Å². The van der Waals surface area contributed by atoms with Crippen LogP contribution in [0.15, 0.2) is 64.2 Å². The van der Waals surface area contributed by atoms with Crippen LogP contribution in [0.3, 0.4) is 0 Å². The van der Waals surface area contributed by atoms with Gasteiger partial charge in [0.2, 0.25) is 0 Å². The molecule has 3 N–H and O–H groups in total. The number of benzene rings is 2. The average molecular weight is 437 g/mol. The Bertz CT molecular complexity index is 1140. The van der Waals surface area contributed by atoms with E-state index in [0.29, 0.717) is 19.7 Å². The molecule has 0 aliphatic rings. The maximum Gasteiger partial charge on any atom is 0.330 e. The highest BCUT2D eigenvalue weighted by molar-refractivity contribution is 5.62. The summed E-state index contributed by atoms with van der Waals surface area (Å²) in [7, 11) is 1.55. The van der Waals surface area contributed by atoms with Gasteiger partial charge in [0, 0.05) is 20.2 Å². The molecule has 1 aromatic heterocycles. The molecule has 0 fully saturated rings. The van der Waals surface area contributed by atoms with Gasteiger partial charge in [-0.2, -0.15) is 0 Å². The molecule has 0 amide bonds. The van der Waals surface area contributed by atoms with Crippen LogP contribution in [0, 0.1) is 0 Å². The zero-order chi connectivity index (χ0) is 23.3. The first-order valence-corrected chi connectivity index (χ1v) is 10.7. The van der Waals surface area contributed by atoms with Gasteiger partial charge >= 0.3 is 5.69 Å². The fraction of sp³-hybridized carbons (Fsp3) is 0.360. The molecule has 0 saturated carbocycles. The number of nitrogens with zero attached hydrogens (tertiary/aromatic N) is 2. The van der Waals surface area contributed by atoms with Crippen molar-refractivity contribution in [2.45, 2.75) is 45.8 Å². The number of H-pyrrole nitrogens is 1. The third kappa shape index (κ3) is 5.48. The SMILES string of the molecule is COCCn1c(N)c(N(Cc2ccccc2)Cc2ccc(C(C)(C)C)cc2)c(=O)[nH]c1=O. The topological polar surface area (TPSA) is 93.3 Å². The van der Waals surface area contributed by atoms with Crippen LogP contribution in [0.25, 0.3) is 0 Å². The highest BCUT2D eigenvalue weighted by atomic mass is 16.5. The lowest BCUT2D eigenvalue weighted by molar-refractivity contribution is 0.186. The molecule has 1 heterocycles. The normalized spacial score (nSPS) is 11.5. The molecule has 0 bridgehead atoms. The first-order valence-electron chi connectivity index (χ1n) is 10.7. The Morgan fingerprint density at radius 1 is 0.969 bits per heavy atom. The van der Waals surface area contributed by atoms with Crippen molar-refractivity contribution in [2.24, 2.45) is 0 Å². The molecule has 3 rings (SSSR count). The number of nitrogens with two attached hydrogens (primary N) is 1. The molecule has 0 atom stereocenters. The van der Waals surface area contributed by atoms with Gasteiger partial charge in [-0.1, -0.05) is 75.4 Å². The number of rotatable bonds is 8. The Kier molecular flexibility index (Phi) is 7.20. The molecule has 0 unspecified atom stereocenters. The van der Waals surface area contributed by atoms with E-state index in [4.69, 9.17) is 10.5 Å². The molecular weight excluding hydrogens is 404 g/mol. The number of aromatic nitrogens is 2. The summed E-state index contributed by atoms with van der Waals surface area (Å²) in [6, 6.07) is 18.2. The number of aromatic amines is 1. The molecule has 2 aromatic carbocycles.